The zero-order valence-electron chi connectivity index (χ0n) is 23.0. The molecular formula is C30H26F3N7O3. The predicted molar refractivity (Wildman–Crippen MR) is 156 cm³/mol. The van der Waals surface area contributed by atoms with E-state index in [1.807, 2.05) is 84.6 Å². The van der Waals surface area contributed by atoms with Gasteiger partial charge < -0.3 is 20.3 Å². The normalized spacial score (nSPS) is 11.6. The van der Waals surface area contributed by atoms with E-state index in [0.29, 0.717) is 12.0 Å². The molecule has 0 saturated carbocycles. The quantitative estimate of drug-likeness (QED) is 0.217. The number of alkyl halides is 3. The predicted octanol–water partition coefficient (Wildman–Crippen LogP) is 5.39. The number of halogens is 3. The summed E-state index contributed by atoms with van der Waals surface area (Å²) >= 11 is 0. The fourth-order valence-corrected chi connectivity index (χ4v) is 4.14. The topological polar surface area (TPSA) is 129 Å². The monoisotopic (exact) mass is 589 g/mol. The van der Waals surface area contributed by atoms with E-state index in [0.717, 1.165) is 39.2 Å². The summed E-state index contributed by atoms with van der Waals surface area (Å²) in [6, 6.07) is 16.9. The Morgan fingerprint density at radius 2 is 1.86 bits per heavy atom. The van der Waals surface area contributed by atoms with Crippen LogP contribution in [0.25, 0.3) is 22.3 Å². The minimum Gasteiger partial charge on any atom is -0.475 e. The third kappa shape index (κ3) is 7.36. The molecular weight excluding hydrogens is 563 g/mol. The number of anilines is 2. The van der Waals surface area contributed by atoms with Crippen LogP contribution in [0.3, 0.4) is 0 Å². The molecule has 1 amide bonds. The first-order valence-corrected chi connectivity index (χ1v) is 12.7. The Kier molecular flexibility index (Phi) is 9.10. The standard InChI is InChI=1S/C28H25N7O.C2HF3O2/c1-4-6-25(35-17-21(16-32-35)26-24-13-14-29-27(24)31-18-30-26)19-7-5-8-20(15-19)28(36)33-22-9-11-23(12-10-22)34(2)3;3-2(4,5)1(6)7/h1,5,7-18,25H,6H2,2-3H3,(H,33,36)(H,29,30,31);(H,6,7). The van der Waals surface area contributed by atoms with E-state index in [2.05, 4.69) is 31.3 Å². The van der Waals surface area contributed by atoms with E-state index in [9.17, 15) is 18.0 Å². The van der Waals surface area contributed by atoms with Gasteiger partial charge in [-0.25, -0.2) is 14.8 Å². The molecule has 0 bridgehead atoms. The summed E-state index contributed by atoms with van der Waals surface area (Å²) in [6.07, 6.45) is 8.11. The Balaban J connectivity index is 0.000000541. The number of carbonyl (C=O) groups excluding carboxylic acids is 1. The molecule has 0 spiro atoms. The van der Waals surface area contributed by atoms with Crippen molar-refractivity contribution in [2.45, 2.75) is 18.6 Å². The van der Waals surface area contributed by atoms with Crippen LogP contribution in [0.4, 0.5) is 24.5 Å². The number of carboxylic acids is 1. The van der Waals surface area contributed by atoms with Gasteiger partial charge in [-0.1, -0.05) is 12.1 Å². The molecule has 1 unspecified atom stereocenters. The maximum Gasteiger partial charge on any atom is 0.490 e. The van der Waals surface area contributed by atoms with Crippen LogP contribution in [0.2, 0.25) is 0 Å². The van der Waals surface area contributed by atoms with Gasteiger partial charge in [0.1, 0.15) is 12.0 Å². The molecule has 0 aliphatic carbocycles. The number of aliphatic carboxylic acids is 1. The lowest BCUT2D eigenvalue weighted by molar-refractivity contribution is -0.192. The van der Waals surface area contributed by atoms with Crippen molar-refractivity contribution in [3.63, 3.8) is 0 Å². The summed E-state index contributed by atoms with van der Waals surface area (Å²) in [5.41, 5.74) is 5.65. The molecule has 0 aliphatic rings. The van der Waals surface area contributed by atoms with E-state index in [-0.39, 0.29) is 11.9 Å². The molecule has 2 aromatic carbocycles. The smallest absolute Gasteiger partial charge is 0.475 e. The highest BCUT2D eigenvalue weighted by Gasteiger charge is 2.38. The minimum absolute atomic E-state index is 0.189. The second-order valence-corrected chi connectivity index (χ2v) is 9.42. The van der Waals surface area contributed by atoms with Gasteiger partial charge in [-0.3, -0.25) is 9.48 Å². The second kappa shape index (κ2) is 12.9. The lowest BCUT2D eigenvalue weighted by Crippen LogP contribution is -2.21. The summed E-state index contributed by atoms with van der Waals surface area (Å²) < 4.78 is 33.6. The van der Waals surface area contributed by atoms with E-state index >= 15 is 0 Å². The summed E-state index contributed by atoms with van der Waals surface area (Å²) in [5, 5.41) is 15.6. The Hall–Kier alpha value is -5.64. The Morgan fingerprint density at radius 3 is 2.51 bits per heavy atom. The highest BCUT2D eigenvalue weighted by atomic mass is 19.4. The third-order valence-electron chi connectivity index (χ3n) is 6.28. The molecule has 220 valence electrons. The van der Waals surface area contributed by atoms with Crippen LogP contribution >= 0.6 is 0 Å². The molecule has 0 fully saturated rings. The molecule has 5 rings (SSSR count). The van der Waals surface area contributed by atoms with Crippen LogP contribution in [-0.2, 0) is 4.79 Å². The lowest BCUT2D eigenvalue weighted by atomic mass is 10.0. The molecule has 0 saturated heterocycles. The number of rotatable bonds is 7. The molecule has 3 heterocycles. The number of nitrogens with zero attached hydrogens (tertiary/aromatic N) is 5. The number of aromatic nitrogens is 5. The summed E-state index contributed by atoms with van der Waals surface area (Å²) in [6.45, 7) is 0. The number of aromatic amines is 1. The Morgan fingerprint density at radius 1 is 1.14 bits per heavy atom. The summed E-state index contributed by atoms with van der Waals surface area (Å²) in [5.74, 6) is -0.200. The number of H-pyrrole nitrogens is 1. The van der Waals surface area contributed by atoms with Crippen molar-refractivity contribution < 1.29 is 27.9 Å². The van der Waals surface area contributed by atoms with Gasteiger partial charge in [0.25, 0.3) is 5.91 Å². The number of carboxylic acid groups (broad SMARTS) is 1. The van der Waals surface area contributed by atoms with Gasteiger partial charge >= 0.3 is 12.1 Å². The summed E-state index contributed by atoms with van der Waals surface area (Å²) in [4.78, 5) is 35.7. The van der Waals surface area contributed by atoms with Crippen LogP contribution in [0, 0.1) is 12.3 Å². The van der Waals surface area contributed by atoms with Crippen molar-refractivity contribution in [3.05, 3.63) is 90.6 Å². The maximum atomic E-state index is 13.0. The third-order valence-corrected chi connectivity index (χ3v) is 6.28. The SMILES string of the molecule is C#CCC(c1cccc(C(=O)Nc2ccc(N(C)C)cc2)c1)n1cc(-c2ncnc3[nH]ccc23)cn1.O=C(O)C(F)(F)F. The van der Waals surface area contributed by atoms with Crippen molar-refractivity contribution >= 4 is 34.3 Å². The van der Waals surface area contributed by atoms with Gasteiger partial charge in [-0.2, -0.15) is 18.3 Å². The van der Waals surface area contributed by atoms with E-state index in [4.69, 9.17) is 16.3 Å². The second-order valence-electron chi connectivity index (χ2n) is 9.42. The molecule has 1 atom stereocenters. The number of carbonyl (C=O) groups is 2. The van der Waals surface area contributed by atoms with E-state index < -0.39 is 12.1 Å². The van der Waals surface area contributed by atoms with Crippen molar-refractivity contribution in [2.24, 2.45) is 0 Å². The average Bonchev–Trinajstić information content (AvgIpc) is 3.66. The number of nitrogens with one attached hydrogen (secondary N) is 2. The largest absolute Gasteiger partial charge is 0.490 e. The van der Waals surface area contributed by atoms with Crippen molar-refractivity contribution in [3.8, 4) is 23.6 Å². The zero-order valence-corrected chi connectivity index (χ0v) is 23.0. The van der Waals surface area contributed by atoms with Crippen LogP contribution in [0.5, 0.6) is 0 Å². The van der Waals surface area contributed by atoms with E-state index in [1.165, 1.54) is 6.33 Å². The Labute approximate surface area is 244 Å². The zero-order chi connectivity index (χ0) is 31.1. The molecule has 3 aromatic heterocycles. The van der Waals surface area contributed by atoms with Crippen molar-refractivity contribution in [1.29, 1.82) is 0 Å². The van der Waals surface area contributed by atoms with Gasteiger partial charge in [0, 0.05) is 60.8 Å². The number of fused-ring (bicyclic) bond motifs is 1. The van der Waals surface area contributed by atoms with Crippen molar-refractivity contribution in [2.75, 3.05) is 24.3 Å². The molecule has 13 heteroatoms. The fraction of sp³-hybridized carbons (Fsp3) is 0.167. The van der Waals surface area contributed by atoms with Gasteiger partial charge in [0.2, 0.25) is 0 Å². The first-order valence-electron chi connectivity index (χ1n) is 12.7. The minimum atomic E-state index is -5.08. The molecule has 0 aliphatic heterocycles. The van der Waals surface area contributed by atoms with Gasteiger partial charge in [-0.05, 0) is 48.0 Å². The number of hydrogen-bond acceptors (Lipinski definition) is 6. The van der Waals surface area contributed by atoms with Crippen molar-refractivity contribution in [1.82, 2.24) is 24.7 Å². The van der Waals surface area contributed by atoms with Crippen LogP contribution in [-0.4, -0.2) is 62.0 Å². The van der Waals surface area contributed by atoms with Gasteiger partial charge in [0.15, 0.2) is 0 Å². The highest BCUT2D eigenvalue weighted by molar-refractivity contribution is 6.04. The summed E-state index contributed by atoms with van der Waals surface area (Å²) in [7, 11) is 3.95. The number of terminal acetylenes is 1. The number of amides is 1. The van der Waals surface area contributed by atoms with Crippen LogP contribution in [0.1, 0.15) is 28.4 Å². The molecule has 10 nitrogen and oxygen atoms in total. The number of hydrogen-bond donors (Lipinski definition) is 3. The molecule has 5 aromatic rings. The average molecular weight is 590 g/mol. The first-order chi connectivity index (χ1) is 20.5. The fourth-order valence-electron chi connectivity index (χ4n) is 4.14. The van der Waals surface area contributed by atoms with Gasteiger partial charge in [0.05, 0.1) is 17.9 Å². The lowest BCUT2D eigenvalue weighted by Gasteiger charge is -2.17. The van der Waals surface area contributed by atoms with E-state index in [1.54, 1.807) is 12.3 Å². The van der Waals surface area contributed by atoms with Crippen LogP contribution < -0.4 is 10.2 Å². The molecule has 0 radical (unpaired) electrons. The van der Waals surface area contributed by atoms with Gasteiger partial charge in [-0.15, -0.1) is 12.3 Å². The molecule has 43 heavy (non-hydrogen) atoms. The number of benzene rings is 2. The van der Waals surface area contributed by atoms with Crippen LogP contribution in [0.15, 0.2) is 79.5 Å². The maximum absolute atomic E-state index is 13.0. The highest BCUT2D eigenvalue weighted by Crippen LogP contribution is 2.28. The molecule has 3 N–H and O–H groups in total. The first kappa shape index (κ1) is 30.3. The Bertz CT molecular complexity index is 1770.